The number of nitrogen functional groups attached to an aromatic ring is 1. The number of rotatable bonds is 3. The lowest BCUT2D eigenvalue weighted by Crippen LogP contribution is -2.10. The fourth-order valence-electron chi connectivity index (χ4n) is 1.17. The van der Waals surface area contributed by atoms with Crippen LogP contribution in [0.2, 0.25) is 0 Å². The van der Waals surface area contributed by atoms with Crippen molar-refractivity contribution in [2.24, 2.45) is 12.8 Å². The van der Waals surface area contributed by atoms with Crippen LogP contribution in [0.15, 0.2) is 40.6 Å². The predicted octanol–water partition coefficient (Wildman–Crippen LogP) is 1.25. The topological polar surface area (TPSA) is 80.6 Å². The van der Waals surface area contributed by atoms with Crippen LogP contribution in [-0.4, -0.2) is 20.6 Å². The van der Waals surface area contributed by atoms with Crippen LogP contribution in [0.25, 0.3) is 0 Å². The quantitative estimate of drug-likeness (QED) is 0.617. The van der Waals surface area contributed by atoms with Gasteiger partial charge in [-0.3, -0.25) is 5.41 Å². The Morgan fingerprint density at radius 2 is 2.06 bits per heavy atom. The Labute approximate surface area is 97.2 Å². The van der Waals surface area contributed by atoms with Gasteiger partial charge in [0.1, 0.15) is 12.2 Å². The molecule has 0 bridgehead atoms. The lowest BCUT2D eigenvalue weighted by Gasteiger charge is -2.02. The Balaban J connectivity index is 2.17. The Bertz CT molecular complexity index is 502. The summed E-state index contributed by atoms with van der Waals surface area (Å²) in [5.41, 5.74) is 6.10. The van der Waals surface area contributed by atoms with Crippen molar-refractivity contribution in [3.05, 3.63) is 36.2 Å². The number of benzene rings is 1. The molecule has 0 aliphatic rings. The molecule has 82 valence electrons. The molecule has 1 aromatic heterocycles. The van der Waals surface area contributed by atoms with E-state index in [-0.39, 0.29) is 5.84 Å². The van der Waals surface area contributed by atoms with E-state index >= 15 is 0 Å². The molecule has 0 atom stereocenters. The van der Waals surface area contributed by atoms with E-state index in [0.29, 0.717) is 0 Å². The number of amidine groups is 1. The third kappa shape index (κ3) is 2.22. The van der Waals surface area contributed by atoms with Gasteiger partial charge in [0.2, 0.25) is 0 Å². The van der Waals surface area contributed by atoms with Crippen LogP contribution in [-0.2, 0) is 7.05 Å². The maximum Gasteiger partial charge on any atom is 0.195 e. The average Bonchev–Trinajstić information content (AvgIpc) is 2.65. The second-order valence-corrected chi connectivity index (χ2v) is 4.31. The van der Waals surface area contributed by atoms with Gasteiger partial charge in [0.05, 0.1) is 0 Å². The molecule has 0 amide bonds. The lowest BCUT2D eigenvalue weighted by atomic mass is 10.2. The monoisotopic (exact) mass is 233 g/mol. The fourth-order valence-corrected chi connectivity index (χ4v) is 1.94. The number of nitrogens with one attached hydrogen (secondary N) is 1. The average molecular weight is 233 g/mol. The number of hydrogen-bond donors (Lipinski definition) is 2. The summed E-state index contributed by atoms with van der Waals surface area (Å²) in [6.45, 7) is 0. The molecule has 2 aromatic rings. The molecule has 16 heavy (non-hydrogen) atoms. The van der Waals surface area contributed by atoms with Crippen molar-refractivity contribution in [2.45, 2.75) is 10.1 Å². The molecule has 3 N–H and O–H groups in total. The van der Waals surface area contributed by atoms with Gasteiger partial charge in [-0.2, -0.15) is 0 Å². The van der Waals surface area contributed by atoms with Crippen molar-refractivity contribution >= 4 is 17.6 Å². The molecule has 5 nitrogen and oxygen atoms in total. The molecule has 6 heteroatoms. The highest BCUT2D eigenvalue weighted by Crippen LogP contribution is 2.25. The van der Waals surface area contributed by atoms with Crippen LogP contribution in [0.5, 0.6) is 0 Å². The van der Waals surface area contributed by atoms with Crippen molar-refractivity contribution < 1.29 is 0 Å². The minimum absolute atomic E-state index is 0.0789. The van der Waals surface area contributed by atoms with Gasteiger partial charge in [0.25, 0.3) is 0 Å². The maximum absolute atomic E-state index is 7.28. The van der Waals surface area contributed by atoms with Crippen LogP contribution in [0.1, 0.15) is 5.56 Å². The van der Waals surface area contributed by atoms with E-state index in [0.717, 1.165) is 15.6 Å². The molecular weight excluding hydrogens is 222 g/mol. The first kappa shape index (κ1) is 10.7. The Morgan fingerprint density at radius 3 is 2.56 bits per heavy atom. The summed E-state index contributed by atoms with van der Waals surface area (Å²) in [6.07, 6.45) is 1.66. The van der Waals surface area contributed by atoms with Crippen LogP contribution >= 0.6 is 11.8 Å². The molecule has 0 saturated heterocycles. The highest BCUT2D eigenvalue weighted by Gasteiger charge is 2.03. The van der Waals surface area contributed by atoms with E-state index in [1.54, 1.807) is 6.33 Å². The van der Waals surface area contributed by atoms with E-state index in [9.17, 15) is 0 Å². The maximum atomic E-state index is 7.28. The van der Waals surface area contributed by atoms with Crippen molar-refractivity contribution in [1.29, 1.82) is 5.41 Å². The van der Waals surface area contributed by atoms with Gasteiger partial charge in [-0.1, -0.05) is 12.1 Å². The minimum atomic E-state index is 0.0789. The molecule has 0 fully saturated rings. The van der Waals surface area contributed by atoms with Gasteiger partial charge in [-0.05, 0) is 23.9 Å². The number of nitrogens with zero attached hydrogens (tertiary/aromatic N) is 3. The SMILES string of the molecule is Cn1cnnc1Sc1ccc(C(=N)N)cc1. The normalized spacial score (nSPS) is 10.3. The molecular formula is C10H11N5S. The summed E-state index contributed by atoms with van der Waals surface area (Å²) in [5, 5.41) is 15.9. The zero-order valence-corrected chi connectivity index (χ0v) is 9.53. The van der Waals surface area contributed by atoms with Crippen molar-refractivity contribution in [3.8, 4) is 0 Å². The van der Waals surface area contributed by atoms with Gasteiger partial charge in [0, 0.05) is 17.5 Å². The molecule has 0 aliphatic carbocycles. The summed E-state index contributed by atoms with van der Waals surface area (Å²) < 4.78 is 1.85. The highest BCUT2D eigenvalue weighted by atomic mass is 32.2. The molecule has 0 saturated carbocycles. The summed E-state index contributed by atoms with van der Waals surface area (Å²) in [6, 6.07) is 7.47. The van der Waals surface area contributed by atoms with Gasteiger partial charge >= 0.3 is 0 Å². The smallest absolute Gasteiger partial charge is 0.195 e. The molecule has 0 spiro atoms. The highest BCUT2D eigenvalue weighted by molar-refractivity contribution is 7.99. The summed E-state index contributed by atoms with van der Waals surface area (Å²) in [5.74, 6) is 0.0789. The van der Waals surface area contributed by atoms with Crippen molar-refractivity contribution in [3.63, 3.8) is 0 Å². The predicted molar refractivity (Wildman–Crippen MR) is 62.6 cm³/mol. The largest absolute Gasteiger partial charge is 0.384 e. The van der Waals surface area contributed by atoms with Gasteiger partial charge < -0.3 is 10.3 Å². The van der Waals surface area contributed by atoms with E-state index in [4.69, 9.17) is 11.1 Å². The number of hydrogen-bond acceptors (Lipinski definition) is 4. The summed E-state index contributed by atoms with van der Waals surface area (Å²) >= 11 is 1.52. The third-order valence-electron chi connectivity index (χ3n) is 2.04. The first-order chi connectivity index (χ1) is 7.66. The van der Waals surface area contributed by atoms with E-state index in [2.05, 4.69) is 10.2 Å². The molecule has 1 heterocycles. The minimum Gasteiger partial charge on any atom is -0.384 e. The first-order valence-electron chi connectivity index (χ1n) is 4.63. The Morgan fingerprint density at radius 1 is 1.38 bits per heavy atom. The van der Waals surface area contributed by atoms with Crippen molar-refractivity contribution in [2.75, 3.05) is 0 Å². The standard InChI is InChI=1S/C10H11N5S/c1-15-6-13-14-10(15)16-8-4-2-7(3-5-8)9(11)12/h2-6H,1H3,(H3,11,12). The van der Waals surface area contributed by atoms with Crippen LogP contribution in [0.4, 0.5) is 0 Å². The van der Waals surface area contributed by atoms with Crippen LogP contribution in [0, 0.1) is 5.41 Å². The Kier molecular flexibility index (Phi) is 2.91. The Hall–Kier alpha value is -1.82. The molecule has 0 aliphatic heterocycles. The number of aromatic nitrogens is 3. The van der Waals surface area contributed by atoms with Crippen molar-refractivity contribution in [1.82, 2.24) is 14.8 Å². The zero-order chi connectivity index (χ0) is 11.5. The fraction of sp³-hybridized carbons (Fsp3) is 0.100. The van der Waals surface area contributed by atoms with E-state index in [1.165, 1.54) is 11.8 Å². The van der Waals surface area contributed by atoms with Gasteiger partial charge in [-0.15, -0.1) is 10.2 Å². The van der Waals surface area contributed by atoms with Gasteiger partial charge in [0.15, 0.2) is 5.16 Å². The van der Waals surface area contributed by atoms with E-state index < -0.39 is 0 Å². The third-order valence-corrected chi connectivity index (χ3v) is 3.10. The number of aryl methyl sites for hydroxylation is 1. The second kappa shape index (κ2) is 4.36. The molecule has 2 rings (SSSR count). The summed E-state index contributed by atoms with van der Waals surface area (Å²) in [4.78, 5) is 1.04. The van der Waals surface area contributed by atoms with E-state index in [1.807, 2.05) is 35.9 Å². The summed E-state index contributed by atoms with van der Waals surface area (Å²) in [7, 11) is 1.90. The zero-order valence-electron chi connectivity index (χ0n) is 8.71. The van der Waals surface area contributed by atoms with Gasteiger partial charge in [-0.25, -0.2) is 0 Å². The molecule has 0 radical (unpaired) electrons. The molecule has 1 aromatic carbocycles. The van der Waals surface area contributed by atoms with Crippen LogP contribution < -0.4 is 5.73 Å². The number of nitrogens with two attached hydrogens (primary N) is 1. The lowest BCUT2D eigenvalue weighted by molar-refractivity contribution is 0.788. The first-order valence-corrected chi connectivity index (χ1v) is 5.45. The molecule has 0 unspecified atom stereocenters. The second-order valence-electron chi connectivity index (χ2n) is 3.26. The van der Waals surface area contributed by atoms with Crippen LogP contribution in [0.3, 0.4) is 0 Å².